The third kappa shape index (κ3) is 7.72. The monoisotopic (exact) mass is 338 g/mol. The molecule has 0 saturated carbocycles. The number of allylic oxidation sites excluding steroid dienone is 1. The lowest BCUT2D eigenvalue weighted by Crippen LogP contribution is -2.26. The molecule has 3 heteroatoms. The average molecular weight is 339 g/mol. The third-order valence-electron chi connectivity index (χ3n) is 4.41. The van der Waals surface area contributed by atoms with Crippen molar-refractivity contribution < 1.29 is 14.3 Å². The lowest BCUT2D eigenvalue weighted by atomic mass is 9.91. The first-order valence-corrected chi connectivity index (χ1v) is 9.83. The second-order valence-electron chi connectivity index (χ2n) is 8.46. The molecule has 0 bridgehead atoms. The molecular formula is C21H38O3. The first kappa shape index (κ1) is 21.1. The summed E-state index contributed by atoms with van der Waals surface area (Å²) in [6, 6.07) is 0. The van der Waals surface area contributed by atoms with E-state index in [-0.39, 0.29) is 5.97 Å². The maximum Gasteiger partial charge on any atom is 0.337 e. The maximum absolute atomic E-state index is 12.7. The minimum atomic E-state index is -0.460. The molecule has 1 saturated heterocycles. The van der Waals surface area contributed by atoms with E-state index in [0.29, 0.717) is 11.8 Å². The topological polar surface area (TPSA) is 35.5 Å². The zero-order valence-electron chi connectivity index (χ0n) is 16.7. The number of carbonyl (C=O) groups is 1. The fraction of sp³-hybridized carbons (Fsp3) is 0.857. The molecule has 1 atom stereocenters. The zero-order valence-corrected chi connectivity index (χ0v) is 16.7. The van der Waals surface area contributed by atoms with Crippen molar-refractivity contribution in [1.29, 1.82) is 0 Å². The van der Waals surface area contributed by atoms with Crippen LogP contribution >= 0.6 is 0 Å². The lowest BCUT2D eigenvalue weighted by molar-refractivity contribution is -0.150. The number of carbonyl (C=O) groups excluding carboxylic acids is 1. The number of esters is 1. The van der Waals surface area contributed by atoms with Crippen molar-refractivity contribution in [3.8, 4) is 0 Å². The summed E-state index contributed by atoms with van der Waals surface area (Å²) in [5, 5.41) is 0. The van der Waals surface area contributed by atoms with Crippen LogP contribution in [0.3, 0.4) is 0 Å². The molecule has 0 N–H and O–H groups in total. The Morgan fingerprint density at radius 3 is 2.54 bits per heavy atom. The summed E-state index contributed by atoms with van der Waals surface area (Å²) in [6.45, 7) is 13.2. The fourth-order valence-corrected chi connectivity index (χ4v) is 3.10. The molecule has 0 aromatic rings. The molecule has 24 heavy (non-hydrogen) atoms. The minimum Gasteiger partial charge on any atom is -0.497 e. The number of unbranched alkanes of at least 4 members (excludes halogenated alkanes) is 3. The summed E-state index contributed by atoms with van der Waals surface area (Å²) in [4.78, 5) is 12.7. The second-order valence-corrected chi connectivity index (χ2v) is 8.46. The normalized spacial score (nSPS) is 20.2. The molecule has 0 aromatic carbocycles. The van der Waals surface area contributed by atoms with E-state index >= 15 is 0 Å². The molecule has 0 amide bonds. The van der Waals surface area contributed by atoms with Gasteiger partial charge in [0, 0.05) is 5.92 Å². The molecule has 3 nitrogen and oxygen atoms in total. The van der Waals surface area contributed by atoms with Crippen molar-refractivity contribution >= 4 is 5.97 Å². The van der Waals surface area contributed by atoms with Crippen LogP contribution in [-0.2, 0) is 14.3 Å². The smallest absolute Gasteiger partial charge is 0.337 e. The molecule has 0 aliphatic carbocycles. The number of ether oxygens (including phenoxy) is 2. The van der Waals surface area contributed by atoms with Gasteiger partial charge in [0.1, 0.15) is 11.4 Å². The van der Waals surface area contributed by atoms with E-state index < -0.39 is 5.60 Å². The number of hydrogen-bond donors (Lipinski definition) is 0. The van der Waals surface area contributed by atoms with Crippen LogP contribution in [0.25, 0.3) is 0 Å². The van der Waals surface area contributed by atoms with E-state index in [4.69, 9.17) is 9.47 Å². The van der Waals surface area contributed by atoms with Gasteiger partial charge in [-0.3, -0.25) is 0 Å². The Labute approximate surface area is 149 Å². The molecule has 1 unspecified atom stereocenters. The fourth-order valence-electron chi connectivity index (χ4n) is 3.10. The molecule has 0 radical (unpaired) electrons. The van der Waals surface area contributed by atoms with Gasteiger partial charge in [0.05, 0.1) is 12.2 Å². The highest BCUT2D eigenvalue weighted by Gasteiger charge is 2.31. The molecule has 140 valence electrons. The second kappa shape index (κ2) is 10.1. The van der Waals surface area contributed by atoms with Crippen LogP contribution in [0.5, 0.6) is 0 Å². The lowest BCUT2D eigenvalue weighted by Gasteiger charge is -2.22. The van der Waals surface area contributed by atoms with Crippen LogP contribution in [0, 0.1) is 11.8 Å². The summed E-state index contributed by atoms with van der Waals surface area (Å²) >= 11 is 0. The van der Waals surface area contributed by atoms with Gasteiger partial charge in [-0.2, -0.15) is 0 Å². The van der Waals surface area contributed by atoms with Crippen molar-refractivity contribution in [3.05, 3.63) is 11.3 Å². The van der Waals surface area contributed by atoms with Crippen molar-refractivity contribution in [2.45, 2.75) is 98.5 Å². The van der Waals surface area contributed by atoms with E-state index in [1.807, 2.05) is 20.8 Å². The van der Waals surface area contributed by atoms with Crippen molar-refractivity contribution in [1.82, 2.24) is 0 Å². The molecule has 0 aromatic heterocycles. The standard InChI is InChI=1S/C21H38O3/c1-7-8-9-10-11-18(20(22)24-21(4,5)6)19-17(14-15-23-19)13-12-16(2)3/h16-17H,7-15H2,1-6H3/b19-18+. The Morgan fingerprint density at radius 1 is 1.25 bits per heavy atom. The molecule has 1 aliphatic rings. The molecule has 1 heterocycles. The van der Waals surface area contributed by atoms with E-state index in [2.05, 4.69) is 20.8 Å². The Kier molecular flexibility index (Phi) is 8.86. The average Bonchev–Trinajstić information content (AvgIpc) is 2.91. The van der Waals surface area contributed by atoms with Crippen LogP contribution in [0.4, 0.5) is 0 Å². The van der Waals surface area contributed by atoms with Gasteiger partial charge in [-0.1, -0.05) is 46.5 Å². The predicted molar refractivity (Wildman–Crippen MR) is 99.8 cm³/mol. The van der Waals surface area contributed by atoms with E-state index in [1.54, 1.807) is 0 Å². The van der Waals surface area contributed by atoms with Gasteiger partial charge in [0.15, 0.2) is 0 Å². The van der Waals surface area contributed by atoms with Gasteiger partial charge in [-0.05, 0) is 52.4 Å². The van der Waals surface area contributed by atoms with Gasteiger partial charge in [-0.15, -0.1) is 0 Å². The summed E-state index contributed by atoms with van der Waals surface area (Å²) in [7, 11) is 0. The van der Waals surface area contributed by atoms with Crippen LogP contribution in [0.15, 0.2) is 11.3 Å². The number of hydrogen-bond acceptors (Lipinski definition) is 3. The van der Waals surface area contributed by atoms with Gasteiger partial charge >= 0.3 is 5.97 Å². The minimum absolute atomic E-state index is 0.176. The van der Waals surface area contributed by atoms with Crippen LogP contribution in [0.1, 0.15) is 92.9 Å². The summed E-state index contributed by atoms with van der Waals surface area (Å²) in [6.07, 6.45) is 8.70. The highest BCUT2D eigenvalue weighted by Crippen LogP contribution is 2.35. The summed E-state index contributed by atoms with van der Waals surface area (Å²) in [5.41, 5.74) is 0.338. The van der Waals surface area contributed by atoms with Crippen LogP contribution in [-0.4, -0.2) is 18.2 Å². The highest BCUT2D eigenvalue weighted by atomic mass is 16.6. The Bertz CT molecular complexity index is 415. The summed E-state index contributed by atoms with van der Waals surface area (Å²) < 4.78 is 11.6. The Balaban J connectivity index is 2.88. The highest BCUT2D eigenvalue weighted by molar-refractivity contribution is 5.89. The van der Waals surface area contributed by atoms with E-state index in [9.17, 15) is 4.79 Å². The summed E-state index contributed by atoms with van der Waals surface area (Å²) in [5.74, 6) is 1.83. The van der Waals surface area contributed by atoms with Crippen LogP contribution < -0.4 is 0 Å². The zero-order chi connectivity index (χ0) is 18.2. The van der Waals surface area contributed by atoms with Crippen LogP contribution in [0.2, 0.25) is 0 Å². The Hall–Kier alpha value is -0.990. The van der Waals surface area contributed by atoms with E-state index in [1.165, 1.54) is 19.3 Å². The molecule has 0 spiro atoms. The molecule has 1 fully saturated rings. The predicted octanol–water partition coefficient (Wildman–Crippen LogP) is 6.03. The molecule has 1 aliphatic heterocycles. The van der Waals surface area contributed by atoms with Crippen molar-refractivity contribution in [2.75, 3.05) is 6.61 Å². The largest absolute Gasteiger partial charge is 0.497 e. The number of rotatable bonds is 9. The first-order chi connectivity index (χ1) is 11.2. The first-order valence-electron chi connectivity index (χ1n) is 9.83. The van der Waals surface area contributed by atoms with Gasteiger partial charge < -0.3 is 9.47 Å². The van der Waals surface area contributed by atoms with E-state index in [0.717, 1.165) is 50.0 Å². The third-order valence-corrected chi connectivity index (χ3v) is 4.41. The van der Waals surface area contributed by atoms with Crippen molar-refractivity contribution in [2.24, 2.45) is 11.8 Å². The maximum atomic E-state index is 12.7. The van der Waals surface area contributed by atoms with Gasteiger partial charge in [-0.25, -0.2) is 4.79 Å². The van der Waals surface area contributed by atoms with Crippen molar-refractivity contribution in [3.63, 3.8) is 0 Å². The van der Waals surface area contributed by atoms with Gasteiger partial charge in [0.2, 0.25) is 0 Å². The molecule has 1 rings (SSSR count). The van der Waals surface area contributed by atoms with Gasteiger partial charge in [0.25, 0.3) is 0 Å². The Morgan fingerprint density at radius 2 is 1.96 bits per heavy atom. The SMILES string of the molecule is CCCCCC/C(C(=O)OC(C)(C)C)=C1\OCCC1CCC(C)C. The quantitative estimate of drug-likeness (QED) is 0.293. The molecular weight excluding hydrogens is 300 g/mol.